The maximum Gasteiger partial charge on any atom is 0.146 e. The summed E-state index contributed by atoms with van der Waals surface area (Å²) < 4.78 is 5.51. The molecule has 0 saturated heterocycles. The van der Waals surface area contributed by atoms with Crippen molar-refractivity contribution in [1.29, 1.82) is 0 Å². The second kappa shape index (κ2) is 5.63. The summed E-state index contributed by atoms with van der Waals surface area (Å²) in [5.74, 6) is 0.422. The van der Waals surface area contributed by atoms with Crippen LogP contribution >= 0.6 is 11.6 Å². The third-order valence-electron chi connectivity index (χ3n) is 2.48. The third kappa shape index (κ3) is 2.97. The van der Waals surface area contributed by atoms with E-state index in [1.165, 1.54) is 0 Å². The highest BCUT2D eigenvalue weighted by Crippen LogP contribution is 2.31. The number of hydrogen-bond donors (Lipinski definition) is 0. The summed E-state index contributed by atoms with van der Waals surface area (Å²) >= 11 is 6.31. The SMILES string of the molecule is C=CC(Cl)(C=C)C(O[SiH3])C(C)CC. The minimum absolute atomic E-state index is 0.000772. The zero-order valence-corrected chi connectivity index (χ0v) is 11.5. The molecular weight excluding hydrogens is 200 g/mol. The summed E-state index contributed by atoms with van der Waals surface area (Å²) in [5, 5.41) is 0. The zero-order chi connectivity index (χ0) is 10.5. The fourth-order valence-electron chi connectivity index (χ4n) is 1.38. The molecule has 0 aliphatic carbocycles. The van der Waals surface area contributed by atoms with Crippen LogP contribution in [0.2, 0.25) is 0 Å². The van der Waals surface area contributed by atoms with Gasteiger partial charge in [-0.05, 0) is 5.92 Å². The zero-order valence-electron chi connectivity index (χ0n) is 8.72. The molecule has 3 heteroatoms. The average molecular weight is 219 g/mol. The van der Waals surface area contributed by atoms with Crippen molar-refractivity contribution in [3.8, 4) is 0 Å². The van der Waals surface area contributed by atoms with Gasteiger partial charge in [0, 0.05) is 0 Å². The van der Waals surface area contributed by atoms with Crippen LogP contribution in [0.25, 0.3) is 0 Å². The summed E-state index contributed by atoms with van der Waals surface area (Å²) in [6.07, 6.45) is 4.45. The topological polar surface area (TPSA) is 9.23 Å². The lowest BCUT2D eigenvalue weighted by molar-refractivity contribution is 0.139. The van der Waals surface area contributed by atoms with Gasteiger partial charge < -0.3 is 4.43 Å². The van der Waals surface area contributed by atoms with Crippen LogP contribution in [0.3, 0.4) is 0 Å². The monoisotopic (exact) mass is 218 g/mol. The highest BCUT2D eigenvalue weighted by molar-refractivity contribution is 6.27. The average Bonchev–Trinajstić information content (AvgIpc) is 2.18. The van der Waals surface area contributed by atoms with Crippen molar-refractivity contribution >= 4 is 22.1 Å². The van der Waals surface area contributed by atoms with Gasteiger partial charge in [0.05, 0.1) is 6.10 Å². The van der Waals surface area contributed by atoms with E-state index >= 15 is 0 Å². The Kier molecular flexibility index (Phi) is 5.61. The van der Waals surface area contributed by atoms with Crippen molar-refractivity contribution < 1.29 is 4.43 Å². The minimum atomic E-state index is -0.614. The molecule has 0 aromatic heterocycles. The van der Waals surface area contributed by atoms with Crippen LogP contribution in [0.15, 0.2) is 25.3 Å². The van der Waals surface area contributed by atoms with Crippen LogP contribution in [-0.4, -0.2) is 21.5 Å². The molecular formula is C10H19ClOSi. The molecule has 1 nitrogen and oxygen atoms in total. The Labute approximate surface area is 89.4 Å². The van der Waals surface area contributed by atoms with Crippen LogP contribution in [0.4, 0.5) is 0 Å². The molecule has 0 aliphatic rings. The summed E-state index contributed by atoms with van der Waals surface area (Å²) in [7, 11) is 0.685. The summed E-state index contributed by atoms with van der Waals surface area (Å²) in [5.41, 5.74) is 0. The summed E-state index contributed by atoms with van der Waals surface area (Å²) in [4.78, 5) is -0.614. The number of rotatable bonds is 6. The Balaban J connectivity index is 4.71. The molecule has 0 heterocycles. The second-order valence-electron chi connectivity index (χ2n) is 3.28. The van der Waals surface area contributed by atoms with E-state index in [2.05, 4.69) is 27.0 Å². The second-order valence-corrected chi connectivity index (χ2v) is 4.40. The van der Waals surface area contributed by atoms with Gasteiger partial charge in [-0.3, -0.25) is 0 Å². The van der Waals surface area contributed by atoms with E-state index in [9.17, 15) is 0 Å². The molecule has 76 valence electrons. The molecule has 13 heavy (non-hydrogen) atoms. The maximum absolute atomic E-state index is 6.31. The Morgan fingerprint density at radius 1 is 1.54 bits per heavy atom. The minimum Gasteiger partial charge on any atom is -0.422 e. The molecule has 0 N–H and O–H groups in total. The molecule has 0 aliphatic heterocycles. The molecule has 0 bridgehead atoms. The Morgan fingerprint density at radius 2 is 2.00 bits per heavy atom. The van der Waals surface area contributed by atoms with Gasteiger partial charge in [-0.1, -0.05) is 32.4 Å². The molecule has 0 fully saturated rings. The Hall–Kier alpha value is -0.0531. The van der Waals surface area contributed by atoms with E-state index < -0.39 is 4.87 Å². The summed E-state index contributed by atoms with van der Waals surface area (Å²) in [6.45, 7) is 11.7. The molecule has 0 radical (unpaired) electrons. The lowest BCUT2D eigenvalue weighted by Gasteiger charge is -2.33. The van der Waals surface area contributed by atoms with Gasteiger partial charge in [0.2, 0.25) is 0 Å². The normalized spacial score (nSPS) is 16.5. The predicted molar refractivity (Wildman–Crippen MR) is 63.2 cm³/mol. The Bertz CT molecular complexity index is 174. The van der Waals surface area contributed by atoms with Crippen LogP contribution in [0.1, 0.15) is 20.3 Å². The Morgan fingerprint density at radius 3 is 2.23 bits per heavy atom. The van der Waals surface area contributed by atoms with Crippen molar-refractivity contribution in [2.75, 3.05) is 0 Å². The summed E-state index contributed by atoms with van der Waals surface area (Å²) in [6, 6.07) is 0. The first-order chi connectivity index (χ1) is 6.05. The lowest BCUT2D eigenvalue weighted by atomic mass is 9.90. The van der Waals surface area contributed by atoms with Crippen molar-refractivity contribution in [2.45, 2.75) is 31.2 Å². The first-order valence-corrected chi connectivity index (χ1v) is 5.74. The highest BCUT2D eigenvalue weighted by atomic mass is 35.5. The van der Waals surface area contributed by atoms with Crippen LogP contribution in [-0.2, 0) is 4.43 Å². The molecule has 2 atom stereocenters. The maximum atomic E-state index is 6.31. The fourth-order valence-corrected chi connectivity index (χ4v) is 2.69. The van der Waals surface area contributed by atoms with Gasteiger partial charge in [0.1, 0.15) is 15.4 Å². The molecule has 0 amide bonds. The van der Waals surface area contributed by atoms with Crippen molar-refractivity contribution in [3.63, 3.8) is 0 Å². The number of halogens is 1. The van der Waals surface area contributed by atoms with Gasteiger partial charge in [-0.15, -0.1) is 24.8 Å². The van der Waals surface area contributed by atoms with Gasteiger partial charge in [-0.25, -0.2) is 0 Å². The quantitative estimate of drug-likeness (QED) is 0.377. The lowest BCUT2D eigenvalue weighted by Crippen LogP contribution is -2.39. The molecule has 0 aromatic carbocycles. The molecule has 0 saturated carbocycles. The van der Waals surface area contributed by atoms with Crippen LogP contribution in [0, 0.1) is 5.92 Å². The van der Waals surface area contributed by atoms with Gasteiger partial charge >= 0.3 is 0 Å². The molecule has 0 spiro atoms. The highest BCUT2D eigenvalue weighted by Gasteiger charge is 2.33. The van der Waals surface area contributed by atoms with E-state index in [4.69, 9.17) is 16.0 Å². The van der Waals surface area contributed by atoms with E-state index in [-0.39, 0.29) is 6.10 Å². The first-order valence-electron chi connectivity index (χ1n) is 4.54. The van der Waals surface area contributed by atoms with E-state index in [0.717, 1.165) is 6.42 Å². The number of hydrogen-bond acceptors (Lipinski definition) is 1. The van der Waals surface area contributed by atoms with E-state index in [1.54, 1.807) is 12.2 Å². The molecule has 0 aromatic rings. The predicted octanol–water partition coefficient (Wildman–Crippen LogP) is 2.05. The van der Waals surface area contributed by atoms with Crippen molar-refractivity contribution in [1.82, 2.24) is 0 Å². The largest absolute Gasteiger partial charge is 0.422 e. The molecule has 2 unspecified atom stereocenters. The fraction of sp³-hybridized carbons (Fsp3) is 0.600. The number of alkyl halides is 1. The van der Waals surface area contributed by atoms with Gasteiger partial charge in [0.25, 0.3) is 0 Å². The third-order valence-corrected chi connectivity index (χ3v) is 3.51. The molecule has 0 rings (SSSR count). The standard InChI is InChI=1S/C10H19ClOSi/c1-5-8(4)9(12-13)10(11,6-2)7-3/h6-9H,2-3,5H2,1,4,13H3. The smallest absolute Gasteiger partial charge is 0.146 e. The first kappa shape index (κ1) is 12.9. The van der Waals surface area contributed by atoms with Gasteiger partial charge in [0.15, 0.2) is 0 Å². The van der Waals surface area contributed by atoms with E-state index in [1.807, 2.05) is 0 Å². The van der Waals surface area contributed by atoms with Crippen LogP contribution in [0.5, 0.6) is 0 Å². The van der Waals surface area contributed by atoms with Crippen molar-refractivity contribution in [3.05, 3.63) is 25.3 Å². The van der Waals surface area contributed by atoms with E-state index in [0.29, 0.717) is 16.4 Å². The van der Waals surface area contributed by atoms with Gasteiger partial charge in [-0.2, -0.15) is 0 Å². The van der Waals surface area contributed by atoms with Crippen LogP contribution < -0.4 is 0 Å². The van der Waals surface area contributed by atoms with Crippen molar-refractivity contribution in [2.24, 2.45) is 5.92 Å².